The minimum Gasteiger partial charge on any atom is -0.375 e. The number of nitro groups is 1. The van der Waals surface area contributed by atoms with Crippen LogP contribution in [0.1, 0.15) is 0 Å². The molecule has 15 heavy (non-hydrogen) atoms. The number of nitrogens with zero attached hydrogens (tertiary/aromatic N) is 1. The molecule has 1 aromatic rings. The number of hydrogen-bond acceptors (Lipinski definition) is 3. The first-order valence-electron chi connectivity index (χ1n) is 4.02. The maximum atomic E-state index is 10.7. The number of benzene rings is 1. The fourth-order valence-corrected chi connectivity index (χ4v) is 1.23. The maximum absolute atomic E-state index is 10.7. The number of rotatable bonds is 4. The van der Waals surface area contributed by atoms with Crippen LogP contribution in [0.5, 0.6) is 0 Å². The molecule has 0 aliphatic carbocycles. The Labute approximate surface area is 96.6 Å². The SMILES string of the molecule is C=C(Cl)CNc1ccc(Cl)cc1[N+](=O)[O-]. The van der Waals surface area contributed by atoms with Crippen molar-refractivity contribution in [3.63, 3.8) is 0 Å². The number of nitrogens with one attached hydrogen (secondary N) is 1. The molecule has 0 atom stereocenters. The molecule has 0 radical (unpaired) electrons. The minimum absolute atomic E-state index is 0.0829. The van der Waals surface area contributed by atoms with Gasteiger partial charge in [-0.05, 0) is 12.1 Å². The van der Waals surface area contributed by atoms with Gasteiger partial charge in [-0.3, -0.25) is 10.1 Å². The Morgan fingerprint density at radius 3 is 2.80 bits per heavy atom. The molecule has 1 N–H and O–H groups in total. The normalized spacial score (nSPS) is 9.73. The lowest BCUT2D eigenvalue weighted by Gasteiger charge is -2.05. The molecule has 1 rings (SSSR count). The third-order valence-corrected chi connectivity index (χ3v) is 2.00. The molecule has 4 nitrogen and oxygen atoms in total. The van der Waals surface area contributed by atoms with Crippen molar-refractivity contribution in [2.24, 2.45) is 0 Å². The monoisotopic (exact) mass is 246 g/mol. The number of halogens is 2. The standard InChI is InChI=1S/C9H8Cl2N2O2/c1-6(10)5-12-8-3-2-7(11)4-9(8)13(14)15/h2-4,12H,1,5H2. The van der Waals surface area contributed by atoms with E-state index in [4.69, 9.17) is 23.2 Å². The summed E-state index contributed by atoms with van der Waals surface area (Å²) in [5, 5.41) is 14.2. The number of nitro benzene ring substituents is 1. The van der Waals surface area contributed by atoms with Gasteiger partial charge in [-0.2, -0.15) is 0 Å². The first kappa shape index (κ1) is 11.8. The molecular formula is C9H8Cl2N2O2. The van der Waals surface area contributed by atoms with Crippen molar-refractivity contribution in [2.45, 2.75) is 0 Å². The molecule has 0 aliphatic heterocycles. The molecule has 0 fully saturated rings. The third kappa shape index (κ3) is 3.42. The summed E-state index contributed by atoms with van der Waals surface area (Å²) >= 11 is 11.2. The van der Waals surface area contributed by atoms with Gasteiger partial charge in [0.15, 0.2) is 0 Å². The fraction of sp³-hybridized carbons (Fsp3) is 0.111. The van der Waals surface area contributed by atoms with Crippen LogP contribution in [-0.2, 0) is 0 Å². The highest BCUT2D eigenvalue weighted by Crippen LogP contribution is 2.27. The summed E-state index contributed by atoms with van der Waals surface area (Å²) in [6.45, 7) is 3.74. The zero-order valence-corrected chi connectivity index (χ0v) is 9.18. The van der Waals surface area contributed by atoms with Crippen LogP contribution < -0.4 is 5.32 Å². The summed E-state index contributed by atoms with van der Waals surface area (Å²) in [6.07, 6.45) is 0. The Balaban J connectivity index is 2.95. The van der Waals surface area contributed by atoms with Crippen molar-refractivity contribution in [3.05, 3.63) is 44.9 Å². The van der Waals surface area contributed by atoms with Crippen LogP contribution >= 0.6 is 23.2 Å². The van der Waals surface area contributed by atoms with E-state index in [-0.39, 0.29) is 12.2 Å². The van der Waals surface area contributed by atoms with Gasteiger partial charge in [-0.1, -0.05) is 29.8 Å². The molecule has 80 valence electrons. The average Bonchev–Trinajstić information content (AvgIpc) is 2.15. The topological polar surface area (TPSA) is 55.2 Å². The van der Waals surface area contributed by atoms with Crippen molar-refractivity contribution >= 4 is 34.6 Å². The van der Waals surface area contributed by atoms with Crippen LogP contribution in [0.2, 0.25) is 5.02 Å². The lowest BCUT2D eigenvalue weighted by atomic mass is 10.2. The van der Waals surface area contributed by atoms with Crippen molar-refractivity contribution < 1.29 is 4.92 Å². The van der Waals surface area contributed by atoms with Crippen LogP contribution in [0.4, 0.5) is 11.4 Å². The van der Waals surface area contributed by atoms with E-state index in [0.717, 1.165) is 0 Å². The molecule has 0 bridgehead atoms. The maximum Gasteiger partial charge on any atom is 0.293 e. The van der Waals surface area contributed by atoms with Gasteiger partial charge in [0, 0.05) is 16.1 Å². The van der Waals surface area contributed by atoms with Crippen LogP contribution in [0, 0.1) is 10.1 Å². The molecule has 0 saturated carbocycles. The predicted molar refractivity (Wildman–Crippen MR) is 61.6 cm³/mol. The second kappa shape index (κ2) is 5.00. The highest BCUT2D eigenvalue weighted by atomic mass is 35.5. The zero-order valence-electron chi connectivity index (χ0n) is 7.67. The first-order chi connectivity index (χ1) is 7.00. The fourth-order valence-electron chi connectivity index (χ4n) is 0.996. The summed E-state index contributed by atoms with van der Waals surface area (Å²) in [6, 6.07) is 4.37. The molecule has 0 unspecified atom stereocenters. The van der Waals surface area contributed by atoms with Crippen LogP contribution in [0.25, 0.3) is 0 Å². The molecule has 0 saturated heterocycles. The Morgan fingerprint density at radius 1 is 1.60 bits per heavy atom. The van der Waals surface area contributed by atoms with E-state index in [1.54, 1.807) is 6.07 Å². The van der Waals surface area contributed by atoms with E-state index < -0.39 is 4.92 Å². The summed E-state index contributed by atoms with van der Waals surface area (Å²) < 4.78 is 0. The molecule has 0 amide bonds. The highest BCUT2D eigenvalue weighted by molar-refractivity contribution is 6.31. The Morgan fingerprint density at radius 2 is 2.27 bits per heavy atom. The van der Waals surface area contributed by atoms with Gasteiger partial charge in [0.1, 0.15) is 5.69 Å². The minimum atomic E-state index is -0.509. The van der Waals surface area contributed by atoms with Gasteiger partial charge >= 0.3 is 0 Å². The lowest BCUT2D eigenvalue weighted by Crippen LogP contribution is -2.03. The predicted octanol–water partition coefficient (Wildman–Crippen LogP) is 3.41. The summed E-state index contributed by atoms with van der Waals surface area (Å²) in [5.41, 5.74) is 0.284. The van der Waals surface area contributed by atoms with Crippen LogP contribution in [0.3, 0.4) is 0 Å². The number of hydrogen-bond donors (Lipinski definition) is 1. The summed E-state index contributed by atoms with van der Waals surface area (Å²) in [4.78, 5) is 10.2. The first-order valence-corrected chi connectivity index (χ1v) is 4.77. The van der Waals surface area contributed by atoms with E-state index in [1.165, 1.54) is 12.1 Å². The van der Waals surface area contributed by atoms with Crippen molar-refractivity contribution in [3.8, 4) is 0 Å². The van der Waals surface area contributed by atoms with Gasteiger partial charge in [0.2, 0.25) is 0 Å². The molecule has 0 aliphatic rings. The van der Waals surface area contributed by atoms with Crippen LogP contribution in [-0.4, -0.2) is 11.5 Å². The van der Waals surface area contributed by atoms with Gasteiger partial charge in [-0.15, -0.1) is 0 Å². The van der Waals surface area contributed by atoms with E-state index in [9.17, 15) is 10.1 Å². The largest absolute Gasteiger partial charge is 0.375 e. The van der Waals surface area contributed by atoms with E-state index in [1.807, 2.05) is 0 Å². The van der Waals surface area contributed by atoms with Gasteiger partial charge in [0.05, 0.1) is 11.5 Å². The van der Waals surface area contributed by atoms with Crippen molar-refractivity contribution in [1.82, 2.24) is 0 Å². The van der Waals surface area contributed by atoms with Gasteiger partial charge < -0.3 is 5.32 Å². The van der Waals surface area contributed by atoms with Crippen molar-refractivity contribution in [1.29, 1.82) is 0 Å². The van der Waals surface area contributed by atoms with E-state index in [2.05, 4.69) is 11.9 Å². The Hall–Kier alpha value is -1.26. The molecular weight excluding hydrogens is 239 g/mol. The molecule has 0 spiro atoms. The second-order valence-electron chi connectivity index (χ2n) is 2.79. The molecule has 0 heterocycles. The van der Waals surface area contributed by atoms with Crippen LogP contribution in [0.15, 0.2) is 29.8 Å². The highest BCUT2D eigenvalue weighted by Gasteiger charge is 2.13. The Kier molecular flexibility index (Phi) is 3.94. The quantitative estimate of drug-likeness (QED) is 0.655. The van der Waals surface area contributed by atoms with Gasteiger partial charge in [-0.25, -0.2) is 0 Å². The third-order valence-electron chi connectivity index (χ3n) is 1.63. The van der Waals surface area contributed by atoms with E-state index in [0.29, 0.717) is 15.7 Å². The van der Waals surface area contributed by atoms with Gasteiger partial charge in [0.25, 0.3) is 5.69 Å². The molecule has 6 heteroatoms. The molecule has 0 aromatic heterocycles. The smallest absolute Gasteiger partial charge is 0.293 e. The summed E-state index contributed by atoms with van der Waals surface area (Å²) in [5.74, 6) is 0. The Bertz CT molecular complexity index is 407. The van der Waals surface area contributed by atoms with E-state index >= 15 is 0 Å². The second-order valence-corrected chi connectivity index (χ2v) is 3.76. The summed E-state index contributed by atoms with van der Waals surface area (Å²) in [7, 11) is 0. The molecule has 1 aromatic carbocycles. The lowest BCUT2D eigenvalue weighted by molar-refractivity contribution is -0.383. The average molecular weight is 247 g/mol. The zero-order chi connectivity index (χ0) is 11.4. The number of anilines is 1. The van der Waals surface area contributed by atoms with Crippen molar-refractivity contribution in [2.75, 3.05) is 11.9 Å².